The van der Waals surface area contributed by atoms with E-state index < -0.39 is 0 Å². The monoisotopic (exact) mass is 742 g/mol. The Morgan fingerprint density at radius 1 is 0.982 bits per heavy atom. The third-order valence-electron chi connectivity index (χ3n) is 10.8. The molecule has 0 saturated carbocycles. The SMILES string of the molecule is CCC/N=C(\C=C\C1=C(Oc2ccc(CC(=O)NCCCON)cc2)C(=C/C=C2\N(CCC)c3ccccc3C2(C)C)/CCC1)C(C)(C)c1ccccc1C. The number of nitrogens with two attached hydrogens (primary N) is 1. The Morgan fingerprint density at radius 3 is 2.45 bits per heavy atom. The van der Waals surface area contributed by atoms with Gasteiger partial charge in [-0.2, -0.15) is 0 Å². The number of rotatable bonds is 17. The first-order chi connectivity index (χ1) is 26.5. The van der Waals surface area contributed by atoms with Gasteiger partial charge in [-0.3, -0.25) is 9.79 Å². The second-order valence-electron chi connectivity index (χ2n) is 15.8. The summed E-state index contributed by atoms with van der Waals surface area (Å²) in [4.78, 5) is 24.8. The molecule has 3 aromatic carbocycles. The molecule has 1 aliphatic heterocycles. The number of amides is 1. The minimum Gasteiger partial charge on any atom is -0.457 e. The van der Waals surface area contributed by atoms with Gasteiger partial charge in [-0.05, 0) is 109 Å². The zero-order chi connectivity index (χ0) is 39.4. The molecule has 3 N–H and O–H groups in total. The Morgan fingerprint density at radius 2 is 1.73 bits per heavy atom. The summed E-state index contributed by atoms with van der Waals surface area (Å²) >= 11 is 0. The number of para-hydroxylation sites is 1. The van der Waals surface area contributed by atoms with Gasteiger partial charge in [0.1, 0.15) is 11.5 Å². The summed E-state index contributed by atoms with van der Waals surface area (Å²) in [5.74, 6) is 6.71. The van der Waals surface area contributed by atoms with Crippen LogP contribution in [0.15, 0.2) is 125 Å². The van der Waals surface area contributed by atoms with Gasteiger partial charge >= 0.3 is 0 Å². The van der Waals surface area contributed by atoms with Crippen molar-refractivity contribution in [1.29, 1.82) is 0 Å². The van der Waals surface area contributed by atoms with Crippen molar-refractivity contribution in [2.24, 2.45) is 10.9 Å². The maximum Gasteiger partial charge on any atom is 0.224 e. The van der Waals surface area contributed by atoms with Gasteiger partial charge in [0, 0.05) is 47.6 Å². The molecule has 292 valence electrons. The van der Waals surface area contributed by atoms with E-state index in [1.165, 1.54) is 33.6 Å². The van der Waals surface area contributed by atoms with E-state index in [1.807, 2.05) is 24.3 Å². The van der Waals surface area contributed by atoms with Crippen LogP contribution < -0.4 is 20.9 Å². The molecule has 1 amide bonds. The fourth-order valence-electron chi connectivity index (χ4n) is 7.84. The van der Waals surface area contributed by atoms with Gasteiger partial charge in [0.25, 0.3) is 0 Å². The van der Waals surface area contributed by atoms with Gasteiger partial charge < -0.3 is 19.8 Å². The van der Waals surface area contributed by atoms with Crippen LogP contribution in [-0.2, 0) is 26.9 Å². The molecule has 2 aliphatic rings. The molecule has 7 heteroatoms. The third kappa shape index (κ3) is 10.1. The first kappa shape index (κ1) is 41.4. The fraction of sp³-hybridized carbons (Fsp3) is 0.417. The number of carbonyl (C=O) groups is 1. The molecule has 7 nitrogen and oxygen atoms in total. The van der Waals surface area contributed by atoms with E-state index in [2.05, 4.69) is 136 Å². The number of carbonyl (C=O) groups excluding carboxylic acids is 1. The van der Waals surface area contributed by atoms with Gasteiger partial charge in [-0.15, -0.1) is 0 Å². The number of ether oxygens (including phenoxy) is 1. The highest BCUT2D eigenvalue weighted by atomic mass is 16.6. The zero-order valence-corrected chi connectivity index (χ0v) is 34.2. The van der Waals surface area contributed by atoms with Crippen LogP contribution in [0.25, 0.3) is 0 Å². The zero-order valence-electron chi connectivity index (χ0n) is 34.2. The number of hydrogen-bond acceptors (Lipinski definition) is 6. The molecule has 0 spiro atoms. The standard InChI is InChI=1S/C48H62N4O3/c1-8-30-50-43(47(4,5)40-19-11-10-16-35(40)3)28-24-37-17-14-18-38(25-29-44-48(6,7)41-20-12-13-21-42(41)52(44)32-9-2)46(37)55-39-26-22-36(23-27-39)34-45(53)51-31-15-33-54-49/h10-13,16,19-29H,8-9,14-15,17-18,30-34,49H2,1-7H3,(H,51,53)/b28-24+,38-25+,44-29-,50-43+. The Bertz CT molecular complexity index is 1930. The largest absolute Gasteiger partial charge is 0.457 e. The van der Waals surface area contributed by atoms with Crippen molar-refractivity contribution in [2.75, 3.05) is 31.1 Å². The maximum absolute atomic E-state index is 12.5. The molecular weight excluding hydrogens is 681 g/mol. The number of nitrogens with zero attached hydrogens (tertiary/aromatic N) is 2. The lowest BCUT2D eigenvalue weighted by Crippen LogP contribution is -2.29. The molecule has 55 heavy (non-hydrogen) atoms. The van der Waals surface area contributed by atoms with E-state index in [4.69, 9.17) is 15.6 Å². The first-order valence-electron chi connectivity index (χ1n) is 20.2. The third-order valence-corrected chi connectivity index (χ3v) is 10.8. The van der Waals surface area contributed by atoms with Crippen LogP contribution in [0.1, 0.15) is 102 Å². The lowest BCUT2D eigenvalue weighted by molar-refractivity contribution is -0.120. The Balaban J connectivity index is 1.53. The average Bonchev–Trinajstić information content (AvgIpc) is 3.38. The van der Waals surface area contributed by atoms with Crippen LogP contribution in [0.4, 0.5) is 5.69 Å². The Labute approximate surface area is 330 Å². The summed E-state index contributed by atoms with van der Waals surface area (Å²) in [6.07, 6.45) is 14.9. The number of allylic oxidation sites excluding steroid dienone is 7. The number of aliphatic imine (C=N–C) groups is 1. The van der Waals surface area contributed by atoms with Crippen molar-refractivity contribution in [1.82, 2.24) is 5.32 Å². The number of hydrogen-bond donors (Lipinski definition) is 2. The van der Waals surface area contributed by atoms with E-state index in [0.717, 1.165) is 73.6 Å². The Kier molecular flexibility index (Phi) is 14.5. The van der Waals surface area contributed by atoms with E-state index in [-0.39, 0.29) is 16.7 Å². The van der Waals surface area contributed by atoms with Crippen LogP contribution in [0.5, 0.6) is 5.75 Å². The van der Waals surface area contributed by atoms with Gasteiger partial charge in [-0.25, -0.2) is 5.90 Å². The van der Waals surface area contributed by atoms with Crippen molar-refractivity contribution in [3.05, 3.63) is 142 Å². The van der Waals surface area contributed by atoms with Crippen molar-refractivity contribution < 1.29 is 14.4 Å². The summed E-state index contributed by atoms with van der Waals surface area (Å²) in [5, 5.41) is 2.93. The number of fused-ring (bicyclic) bond motifs is 1. The molecule has 1 aliphatic carbocycles. The fourth-order valence-corrected chi connectivity index (χ4v) is 7.84. The Hall–Kier alpha value is -4.72. The van der Waals surface area contributed by atoms with E-state index >= 15 is 0 Å². The van der Waals surface area contributed by atoms with Crippen LogP contribution in [0, 0.1) is 6.92 Å². The van der Waals surface area contributed by atoms with E-state index in [1.54, 1.807) is 0 Å². The van der Waals surface area contributed by atoms with Crippen molar-refractivity contribution in [2.45, 2.75) is 104 Å². The minimum atomic E-state index is -0.275. The molecule has 0 radical (unpaired) electrons. The van der Waals surface area contributed by atoms with E-state index in [0.29, 0.717) is 26.0 Å². The number of benzene rings is 3. The van der Waals surface area contributed by atoms with Crippen molar-refractivity contribution in [3.63, 3.8) is 0 Å². The van der Waals surface area contributed by atoms with Crippen LogP contribution >= 0.6 is 0 Å². The summed E-state index contributed by atoms with van der Waals surface area (Å²) in [6, 6.07) is 25.3. The van der Waals surface area contributed by atoms with Gasteiger partial charge in [0.2, 0.25) is 5.91 Å². The molecular formula is C48H62N4O3. The predicted molar refractivity (Wildman–Crippen MR) is 229 cm³/mol. The smallest absolute Gasteiger partial charge is 0.224 e. The molecule has 0 fully saturated rings. The summed E-state index contributed by atoms with van der Waals surface area (Å²) in [5.41, 5.74) is 10.4. The van der Waals surface area contributed by atoms with Crippen molar-refractivity contribution >= 4 is 17.3 Å². The second-order valence-corrected chi connectivity index (χ2v) is 15.8. The molecule has 0 unspecified atom stereocenters. The van der Waals surface area contributed by atoms with Gasteiger partial charge in [0.05, 0.1) is 13.0 Å². The molecule has 0 bridgehead atoms. The normalized spacial score (nSPS) is 17.4. The first-order valence-corrected chi connectivity index (χ1v) is 20.2. The topological polar surface area (TPSA) is 89.2 Å². The number of nitrogens with one attached hydrogen (secondary N) is 1. The maximum atomic E-state index is 12.5. The second kappa shape index (κ2) is 19.2. The number of anilines is 1. The molecule has 0 aromatic heterocycles. The van der Waals surface area contributed by atoms with Crippen molar-refractivity contribution in [3.8, 4) is 5.75 Å². The summed E-state index contributed by atoms with van der Waals surface area (Å²) in [7, 11) is 0. The lowest BCUT2D eigenvalue weighted by Gasteiger charge is -2.28. The van der Waals surface area contributed by atoms with Gasteiger partial charge in [0.15, 0.2) is 0 Å². The molecule has 0 atom stereocenters. The quantitative estimate of drug-likeness (QED) is 0.0817. The van der Waals surface area contributed by atoms with Crippen LogP contribution in [0.3, 0.4) is 0 Å². The van der Waals surface area contributed by atoms with Crippen LogP contribution in [0.2, 0.25) is 0 Å². The highest BCUT2D eigenvalue weighted by Gasteiger charge is 2.39. The minimum absolute atomic E-state index is 0.0328. The van der Waals surface area contributed by atoms with E-state index in [9.17, 15) is 4.79 Å². The summed E-state index contributed by atoms with van der Waals surface area (Å²) < 4.78 is 6.89. The van der Waals surface area contributed by atoms with Crippen LogP contribution in [-0.4, -0.2) is 37.9 Å². The highest BCUT2D eigenvalue weighted by molar-refractivity contribution is 6.03. The molecule has 1 heterocycles. The van der Waals surface area contributed by atoms with Gasteiger partial charge in [-0.1, -0.05) is 108 Å². The average molecular weight is 743 g/mol. The predicted octanol–water partition coefficient (Wildman–Crippen LogP) is 10.2. The molecule has 3 aromatic rings. The molecule has 0 saturated heterocycles. The lowest BCUT2D eigenvalue weighted by atomic mass is 9.77. The molecule has 5 rings (SSSR count). The number of aryl methyl sites for hydroxylation is 1. The summed E-state index contributed by atoms with van der Waals surface area (Å²) in [6.45, 7) is 18.5. The highest BCUT2D eigenvalue weighted by Crippen LogP contribution is 2.48.